The number of nitrogen functional groups attached to an aromatic ring is 1. The summed E-state index contributed by atoms with van der Waals surface area (Å²) in [5.41, 5.74) is 7.54. The van der Waals surface area contributed by atoms with E-state index in [1.54, 1.807) is 18.2 Å². The number of hydrogen-bond acceptors (Lipinski definition) is 5. The van der Waals surface area contributed by atoms with Crippen LogP contribution in [-0.2, 0) is 14.6 Å². The molecule has 1 aromatic rings. The predicted octanol–water partition coefficient (Wildman–Crippen LogP) is 2.09. The second-order valence-corrected chi connectivity index (χ2v) is 8.10. The monoisotopic (exact) mass is 311 g/mol. The lowest BCUT2D eigenvalue weighted by molar-refractivity contribution is 0.0215. The molecule has 0 heterocycles. The number of aryl methyl sites for hydroxylation is 1. The maximum Gasteiger partial charge on any atom is 0.338 e. The van der Waals surface area contributed by atoms with Gasteiger partial charge in [-0.05, 0) is 49.9 Å². The Kier molecular flexibility index (Phi) is 4.56. The van der Waals surface area contributed by atoms with Crippen molar-refractivity contribution in [3.8, 4) is 0 Å². The summed E-state index contributed by atoms with van der Waals surface area (Å²) in [5, 5.41) is -0.411. The van der Waals surface area contributed by atoms with Crippen molar-refractivity contribution in [3.63, 3.8) is 0 Å². The van der Waals surface area contributed by atoms with Crippen LogP contribution >= 0.6 is 0 Å². The van der Waals surface area contributed by atoms with Crippen LogP contribution in [0, 0.1) is 6.92 Å². The third kappa shape index (κ3) is 4.20. The SMILES string of the molecule is Cc1cc(N)cc(C(=O)OC2CCCC(S(C)(=O)=O)C2)c1. The van der Waals surface area contributed by atoms with E-state index in [0.717, 1.165) is 12.0 Å². The zero-order chi connectivity index (χ0) is 15.6. The molecule has 1 saturated carbocycles. The lowest BCUT2D eigenvalue weighted by atomic mass is 9.97. The highest BCUT2D eigenvalue weighted by Crippen LogP contribution is 2.26. The Hall–Kier alpha value is -1.56. The Morgan fingerprint density at radius 3 is 2.62 bits per heavy atom. The Balaban J connectivity index is 2.05. The zero-order valence-corrected chi connectivity index (χ0v) is 13.2. The van der Waals surface area contributed by atoms with Crippen molar-refractivity contribution in [2.24, 2.45) is 0 Å². The maximum atomic E-state index is 12.1. The van der Waals surface area contributed by atoms with Crippen LogP contribution in [0.5, 0.6) is 0 Å². The van der Waals surface area contributed by atoms with Crippen LogP contribution < -0.4 is 5.73 Å². The van der Waals surface area contributed by atoms with E-state index in [2.05, 4.69) is 0 Å². The highest BCUT2D eigenvalue weighted by Gasteiger charge is 2.31. The summed E-state index contributed by atoms with van der Waals surface area (Å²) in [6, 6.07) is 5.07. The molecule has 1 aliphatic rings. The molecule has 2 N–H and O–H groups in total. The molecule has 0 aromatic heterocycles. The average molecular weight is 311 g/mol. The molecule has 6 heteroatoms. The number of sulfone groups is 1. The van der Waals surface area contributed by atoms with Crippen LogP contribution in [0.2, 0.25) is 0 Å². The lowest BCUT2D eigenvalue weighted by Crippen LogP contribution is -2.32. The van der Waals surface area contributed by atoms with E-state index in [4.69, 9.17) is 10.5 Å². The summed E-state index contributed by atoms with van der Waals surface area (Å²) in [5.74, 6) is -0.440. The number of nitrogens with two attached hydrogens (primary N) is 1. The van der Waals surface area contributed by atoms with Gasteiger partial charge in [0, 0.05) is 18.4 Å². The van der Waals surface area contributed by atoms with E-state index in [9.17, 15) is 13.2 Å². The Morgan fingerprint density at radius 1 is 1.29 bits per heavy atom. The smallest absolute Gasteiger partial charge is 0.338 e. The summed E-state index contributed by atoms with van der Waals surface area (Å²) in [7, 11) is -3.08. The van der Waals surface area contributed by atoms with Crippen LogP contribution in [0.3, 0.4) is 0 Å². The Morgan fingerprint density at radius 2 is 2.00 bits per heavy atom. The normalized spacial score (nSPS) is 22.8. The first kappa shape index (κ1) is 15.8. The Labute approximate surface area is 125 Å². The summed E-state index contributed by atoms with van der Waals surface area (Å²) in [6.45, 7) is 1.85. The highest BCUT2D eigenvalue weighted by atomic mass is 32.2. The molecule has 0 bridgehead atoms. The van der Waals surface area contributed by atoms with E-state index >= 15 is 0 Å². The largest absolute Gasteiger partial charge is 0.459 e. The topological polar surface area (TPSA) is 86.5 Å². The average Bonchev–Trinajstić information content (AvgIpc) is 2.37. The minimum atomic E-state index is -3.08. The number of carbonyl (C=O) groups is 1. The molecule has 0 radical (unpaired) electrons. The molecule has 0 aliphatic heterocycles. The van der Waals surface area contributed by atoms with E-state index in [-0.39, 0.29) is 6.10 Å². The summed E-state index contributed by atoms with van der Waals surface area (Å²) >= 11 is 0. The third-order valence-corrected chi connectivity index (χ3v) is 5.43. The van der Waals surface area contributed by atoms with E-state index in [0.29, 0.717) is 30.5 Å². The van der Waals surface area contributed by atoms with Crippen LogP contribution in [0.4, 0.5) is 5.69 Å². The van der Waals surface area contributed by atoms with Gasteiger partial charge in [0.2, 0.25) is 0 Å². The maximum absolute atomic E-state index is 12.1. The minimum Gasteiger partial charge on any atom is -0.459 e. The molecule has 1 aliphatic carbocycles. The van der Waals surface area contributed by atoms with Gasteiger partial charge in [0.05, 0.1) is 10.8 Å². The van der Waals surface area contributed by atoms with Gasteiger partial charge >= 0.3 is 5.97 Å². The molecule has 21 heavy (non-hydrogen) atoms. The molecule has 5 nitrogen and oxygen atoms in total. The van der Waals surface area contributed by atoms with Crippen molar-refractivity contribution < 1.29 is 17.9 Å². The fraction of sp³-hybridized carbons (Fsp3) is 0.533. The molecule has 0 saturated heterocycles. The first-order chi connectivity index (χ1) is 9.75. The van der Waals surface area contributed by atoms with Gasteiger partial charge in [-0.3, -0.25) is 0 Å². The van der Waals surface area contributed by atoms with Gasteiger partial charge in [-0.1, -0.05) is 0 Å². The molecular weight excluding hydrogens is 290 g/mol. The van der Waals surface area contributed by atoms with Gasteiger partial charge in [0.1, 0.15) is 15.9 Å². The van der Waals surface area contributed by atoms with Crippen LogP contribution in [-0.4, -0.2) is 32.0 Å². The van der Waals surface area contributed by atoms with Crippen molar-refractivity contribution >= 4 is 21.5 Å². The van der Waals surface area contributed by atoms with Gasteiger partial charge < -0.3 is 10.5 Å². The molecule has 1 fully saturated rings. The number of rotatable bonds is 3. The second kappa shape index (κ2) is 6.05. The second-order valence-electron chi connectivity index (χ2n) is 5.78. The summed E-state index contributed by atoms with van der Waals surface area (Å²) < 4.78 is 28.7. The number of esters is 1. The minimum absolute atomic E-state index is 0.340. The van der Waals surface area contributed by atoms with Crippen LogP contribution in [0.15, 0.2) is 18.2 Å². The van der Waals surface area contributed by atoms with Crippen molar-refractivity contribution in [2.45, 2.75) is 44.0 Å². The quantitative estimate of drug-likeness (QED) is 0.682. The molecule has 2 atom stereocenters. The fourth-order valence-corrected chi connectivity index (χ4v) is 3.91. The standard InChI is InChI=1S/C15H21NO4S/c1-10-6-11(8-12(16)7-10)15(17)20-13-4-3-5-14(9-13)21(2,18)19/h6-8,13-14H,3-5,9,16H2,1-2H3. The highest BCUT2D eigenvalue weighted by molar-refractivity contribution is 7.91. The predicted molar refractivity (Wildman–Crippen MR) is 81.9 cm³/mol. The number of hydrogen-bond donors (Lipinski definition) is 1. The lowest BCUT2D eigenvalue weighted by Gasteiger charge is -2.27. The van der Waals surface area contributed by atoms with Crippen LogP contribution in [0.25, 0.3) is 0 Å². The van der Waals surface area contributed by atoms with Crippen LogP contribution in [0.1, 0.15) is 41.6 Å². The van der Waals surface area contributed by atoms with E-state index in [1.165, 1.54) is 6.26 Å². The van der Waals surface area contributed by atoms with E-state index in [1.807, 2.05) is 6.92 Å². The van der Waals surface area contributed by atoms with Gasteiger partial charge in [-0.15, -0.1) is 0 Å². The number of benzene rings is 1. The van der Waals surface area contributed by atoms with Gasteiger partial charge in [-0.2, -0.15) is 0 Å². The summed E-state index contributed by atoms with van der Waals surface area (Å²) in [4.78, 5) is 12.1. The molecule has 2 unspecified atom stereocenters. The zero-order valence-electron chi connectivity index (χ0n) is 12.3. The van der Waals surface area contributed by atoms with Crippen molar-refractivity contribution in [1.82, 2.24) is 0 Å². The molecule has 0 spiro atoms. The Bertz CT molecular complexity index is 619. The molecule has 1 aromatic carbocycles. The molecule has 2 rings (SSSR count). The van der Waals surface area contributed by atoms with Gasteiger partial charge in [0.15, 0.2) is 0 Å². The van der Waals surface area contributed by atoms with Gasteiger partial charge in [-0.25, -0.2) is 13.2 Å². The first-order valence-electron chi connectivity index (χ1n) is 7.02. The third-order valence-electron chi connectivity index (χ3n) is 3.79. The molecular formula is C15H21NO4S. The van der Waals surface area contributed by atoms with Gasteiger partial charge in [0.25, 0.3) is 0 Å². The summed E-state index contributed by atoms with van der Waals surface area (Å²) in [6.07, 6.45) is 3.39. The number of carbonyl (C=O) groups excluding carboxylic acids is 1. The van der Waals surface area contributed by atoms with Crippen molar-refractivity contribution in [1.29, 1.82) is 0 Å². The van der Waals surface area contributed by atoms with Crippen molar-refractivity contribution in [3.05, 3.63) is 29.3 Å². The first-order valence-corrected chi connectivity index (χ1v) is 8.98. The van der Waals surface area contributed by atoms with E-state index < -0.39 is 21.1 Å². The molecule has 116 valence electrons. The van der Waals surface area contributed by atoms with Crippen molar-refractivity contribution in [2.75, 3.05) is 12.0 Å². The fourth-order valence-electron chi connectivity index (χ4n) is 2.75. The molecule has 0 amide bonds. The number of anilines is 1. The number of ether oxygens (including phenoxy) is 1.